The zero-order valence-electron chi connectivity index (χ0n) is 10.3. The first kappa shape index (κ1) is 18.0. The molecule has 0 aromatic rings. The van der Waals surface area contributed by atoms with Gasteiger partial charge in [0.15, 0.2) is 6.10 Å². The molecule has 0 amide bonds. The number of hydrogen-bond acceptors (Lipinski definition) is 3. The molecule has 0 radical (unpaired) electrons. The van der Waals surface area contributed by atoms with Crippen LogP contribution in [-0.4, -0.2) is 33.4 Å². The summed E-state index contributed by atoms with van der Waals surface area (Å²) in [5, 5.41) is 24.7. The molecule has 0 saturated carbocycles. The van der Waals surface area contributed by atoms with Crippen LogP contribution in [0.2, 0.25) is 0 Å². The van der Waals surface area contributed by atoms with Crippen LogP contribution in [0.3, 0.4) is 0 Å². The maximum absolute atomic E-state index is 10.2. The third-order valence-corrected chi connectivity index (χ3v) is 1.92. The zero-order chi connectivity index (χ0) is 13.7. The number of aliphatic hydroxyl groups is 1. The van der Waals surface area contributed by atoms with Crippen LogP contribution in [0.4, 0.5) is 0 Å². The fourth-order valence-corrected chi connectivity index (χ4v) is 1.10. The lowest BCUT2D eigenvalue weighted by molar-refractivity contribution is -0.147. The van der Waals surface area contributed by atoms with Crippen molar-refractivity contribution < 1.29 is 24.9 Å². The molecule has 0 saturated heterocycles. The lowest BCUT2D eigenvalue weighted by Gasteiger charge is -2.03. The Morgan fingerprint density at radius 1 is 1.18 bits per heavy atom. The van der Waals surface area contributed by atoms with E-state index in [1.54, 1.807) is 0 Å². The Labute approximate surface area is 102 Å². The molecular formula is C12H22O5. The van der Waals surface area contributed by atoms with Gasteiger partial charge in [-0.15, -0.1) is 6.58 Å². The smallest absolute Gasteiger partial charge is 0.332 e. The van der Waals surface area contributed by atoms with Crippen LogP contribution < -0.4 is 0 Å². The fraction of sp³-hybridized carbons (Fsp3) is 0.667. The number of aliphatic carboxylic acids is 2. The van der Waals surface area contributed by atoms with Gasteiger partial charge in [-0.05, 0) is 19.3 Å². The first-order valence-corrected chi connectivity index (χ1v) is 5.63. The SMILES string of the molecule is C=CCCCCCCC(O)C(=O)O.CC(=O)O. The highest BCUT2D eigenvalue weighted by Crippen LogP contribution is 2.07. The molecule has 17 heavy (non-hydrogen) atoms. The summed E-state index contributed by atoms with van der Waals surface area (Å²) < 4.78 is 0. The van der Waals surface area contributed by atoms with Crippen molar-refractivity contribution in [3.05, 3.63) is 12.7 Å². The highest BCUT2D eigenvalue weighted by molar-refractivity contribution is 5.71. The van der Waals surface area contributed by atoms with E-state index in [4.69, 9.17) is 20.1 Å². The Kier molecular flexibility index (Phi) is 13.5. The van der Waals surface area contributed by atoms with Crippen molar-refractivity contribution in [2.24, 2.45) is 0 Å². The monoisotopic (exact) mass is 246 g/mol. The number of hydrogen-bond donors (Lipinski definition) is 3. The van der Waals surface area contributed by atoms with Gasteiger partial charge in [0.05, 0.1) is 0 Å². The Bertz CT molecular complexity index is 221. The molecule has 0 spiro atoms. The molecule has 0 fully saturated rings. The van der Waals surface area contributed by atoms with Gasteiger partial charge >= 0.3 is 5.97 Å². The minimum Gasteiger partial charge on any atom is -0.481 e. The third kappa shape index (κ3) is 20.7. The minimum absolute atomic E-state index is 0.365. The van der Waals surface area contributed by atoms with Crippen molar-refractivity contribution in [3.63, 3.8) is 0 Å². The van der Waals surface area contributed by atoms with E-state index in [9.17, 15) is 4.79 Å². The second-order valence-electron chi connectivity index (χ2n) is 3.65. The quantitative estimate of drug-likeness (QED) is 0.450. The molecule has 0 aromatic heterocycles. The molecule has 0 aromatic carbocycles. The second kappa shape index (κ2) is 12.7. The third-order valence-electron chi connectivity index (χ3n) is 1.92. The van der Waals surface area contributed by atoms with Crippen molar-refractivity contribution in [3.8, 4) is 0 Å². The molecule has 0 aliphatic carbocycles. The number of carbonyl (C=O) groups is 2. The number of allylic oxidation sites excluding steroid dienone is 1. The number of carboxylic acid groups (broad SMARTS) is 2. The molecular weight excluding hydrogens is 224 g/mol. The van der Waals surface area contributed by atoms with E-state index in [1.165, 1.54) is 0 Å². The predicted molar refractivity (Wildman–Crippen MR) is 64.9 cm³/mol. The highest BCUT2D eigenvalue weighted by atomic mass is 16.4. The normalized spacial score (nSPS) is 10.9. The van der Waals surface area contributed by atoms with E-state index in [2.05, 4.69) is 6.58 Å². The van der Waals surface area contributed by atoms with Crippen LogP contribution in [0.25, 0.3) is 0 Å². The van der Waals surface area contributed by atoms with E-state index in [1.807, 2.05) is 6.08 Å². The van der Waals surface area contributed by atoms with Crippen LogP contribution >= 0.6 is 0 Å². The van der Waals surface area contributed by atoms with E-state index < -0.39 is 18.0 Å². The van der Waals surface area contributed by atoms with Crippen LogP contribution in [0.15, 0.2) is 12.7 Å². The van der Waals surface area contributed by atoms with Crippen LogP contribution in [-0.2, 0) is 9.59 Å². The van der Waals surface area contributed by atoms with Crippen LogP contribution in [0.1, 0.15) is 45.4 Å². The van der Waals surface area contributed by atoms with Gasteiger partial charge in [-0.3, -0.25) is 4.79 Å². The summed E-state index contributed by atoms with van der Waals surface area (Å²) in [5.41, 5.74) is 0. The Morgan fingerprint density at radius 2 is 1.65 bits per heavy atom. The van der Waals surface area contributed by atoms with Crippen molar-refractivity contribution in [2.75, 3.05) is 0 Å². The van der Waals surface area contributed by atoms with Crippen LogP contribution in [0, 0.1) is 0 Å². The minimum atomic E-state index is -1.18. The van der Waals surface area contributed by atoms with Crippen molar-refractivity contribution in [2.45, 2.75) is 51.6 Å². The van der Waals surface area contributed by atoms with E-state index in [0.29, 0.717) is 6.42 Å². The number of aliphatic hydroxyl groups excluding tert-OH is 1. The van der Waals surface area contributed by atoms with Gasteiger partial charge in [0.25, 0.3) is 5.97 Å². The molecule has 3 N–H and O–H groups in total. The largest absolute Gasteiger partial charge is 0.481 e. The highest BCUT2D eigenvalue weighted by Gasteiger charge is 2.11. The standard InChI is InChI=1S/C10H18O3.C2H4O2/c1-2-3-4-5-6-7-8-9(11)10(12)13;1-2(3)4/h2,9,11H,1,3-8H2,(H,12,13);1H3,(H,3,4). The second-order valence-corrected chi connectivity index (χ2v) is 3.65. The van der Waals surface area contributed by atoms with Gasteiger partial charge < -0.3 is 15.3 Å². The molecule has 5 nitrogen and oxygen atoms in total. The molecule has 1 atom stereocenters. The Morgan fingerprint density at radius 3 is 2.06 bits per heavy atom. The van der Waals surface area contributed by atoms with Gasteiger partial charge in [-0.25, -0.2) is 4.79 Å². The summed E-state index contributed by atoms with van der Waals surface area (Å²) in [6.07, 6.45) is 6.03. The van der Waals surface area contributed by atoms with Crippen LogP contribution in [0.5, 0.6) is 0 Å². The summed E-state index contributed by atoms with van der Waals surface area (Å²) in [7, 11) is 0. The first-order chi connectivity index (χ1) is 7.91. The molecule has 0 aliphatic rings. The van der Waals surface area contributed by atoms with E-state index in [0.717, 1.165) is 39.0 Å². The fourth-order valence-electron chi connectivity index (χ4n) is 1.10. The molecule has 0 aliphatic heterocycles. The maximum atomic E-state index is 10.2. The molecule has 0 heterocycles. The van der Waals surface area contributed by atoms with E-state index >= 15 is 0 Å². The molecule has 5 heteroatoms. The maximum Gasteiger partial charge on any atom is 0.332 e. The summed E-state index contributed by atoms with van der Waals surface area (Å²) in [6, 6.07) is 0. The number of carboxylic acids is 2. The lowest BCUT2D eigenvalue weighted by Crippen LogP contribution is -2.18. The van der Waals surface area contributed by atoms with Gasteiger partial charge in [-0.1, -0.05) is 25.3 Å². The Balaban J connectivity index is 0. The van der Waals surface area contributed by atoms with Gasteiger partial charge in [-0.2, -0.15) is 0 Å². The van der Waals surface area contributed by atoms with Crippen molar-refractivity contribution >= 4 is 11.9 Å². The first-order valence-electron chi connectivity index (χ1n) is 5.63. The van der Waals surface area contributed by atoms with Crippen molar-refractivity contribution in [1.82, 2.24) is 0 Å². The molecule has 1 unspecified atom stereocenters. The lowest BCUT2D eigenvalue weighted by atomic mass is 10.1. The summed E-state index contributed by atoms with van der Waals surface area (Å²) in [4.78, 5) is 19.2. The van der Waals surface area contributed by atoms with Gasteiger partial charge in [0.1, 0.15) is 0 Å². The van der Waals surface area contributed by atoms with Gasteiger partial charge in [0.2, 0.25) is 0 Å². The topological polar surface area (TPSA) is 94.8 Å². The summed E-state index contributed by atoms with van der Waals surface area (Å²) >= 11 is 0. The number of rotatable bonds is 8. The molecule has 100 valence electrons. The Hall–Kier alpha value is -1.36. The average Bonchev–Trinajstić information content (AvgIpc) is 2.21. The predicted octanol–water partition coefficient (Wildman–Crippen LogP) is 2.05. The van der Waals surface area contributed by atoms with E-state index in [-0.39, 0.29) is 0 Å². The summed E-state index contributed by atoms with van der Waals surface area (Å²) in [6.45, 7) is 4.70. The number of unbranched alkanes of at least 4 members (excludes halogenated alkanes) is 4. The average molecular weight is 246 g/mol. The van der Waals surface area contributed by atoms with Gasteiger partial charge in [0, 0.05) is 6.92 Å². The molecule has 0 rings (SSSR count). The zero-order valence-corrected chi connectivity index (χ0v) is 10.3. The summed E-state index contributed by atoms with van der Waals surface area (Å²) in [5.74, 6) is -1.95. The molecule has 0 bridgehead atoms. The van der Waals surface area contributed by atoms with Crippen molar-refractivity contribution in [1.29, 1.82) is 0 Å².